The number of fused-ring (bicyclic) bond motifs is 1. The molecule has 162 valence electrons. The van der Waals surface area contributed by atoms with Crippen LogP contribution in [0.2, 0.25) is 0 Å². The minimum atomic E-state index is -4.39. The molecule has 0 saturated heterocycles. The summed E-state index contributed by atoms with van der Waals surface area (Å²) in [4.78, 5) is 18.8. The van der Waals surface area contributed by atoms with E-state index in [1.54, 1.807) is 12.1 Å². The molecule has 4 rings (SSSR count). The lowest BCUT2D eigenvalue weighted by atomic mass is 9.98. The van der Waals surface area contributed by atoms with Crippen LogP contribution >= 0.6 is 0 Å². The summed E-state index contributed by atoms with van der Waals surface area (Å²) < 4.78 is 49.1. The summed E-state index contributed by atoms with van der Waals surface area (Å²) in [5.41, 5.74) is 3.80. The molecule has 3 heterocycles. The Morgan fingerprint density at radius 3 is 2.61 bits per heavy atom. The van der Waals surface area contributed by atoms with Crippen LogP contribution in [0.4, 0.5) is 18.9 Å². The Balaban J connectivity index is 1.66. The van der Waals surface area contributed by atoms with Crippen molar-refractivity contribution >= 4 is 11.6 Å². The van der Waals surface area contributed by atoms with E-state index < -0.39 is 12.7 Å². The van der Waals surface area contributed by atoms with Crippen LogP contribution in [-0.4, -0.2) is 41.1 Å². The van der Waals surface area contributed by atoms with E-state index in [1.165, 1.54) is 31.5 Å². The van der Waals surface area contributed by atoms with Gasteiger partial charge in [0.15, 0.2) is 5.75 Å². The van der Waals surface area contributed by atoms with Gasteiger partial charge in [0.05, 0.1) is 38.3 Å². The SMILES string of the molecule is COc1ccc(-c2cc(C)c3c(c2)CN(c2cnn(CC(F)(F)F)c2)C3=O)nc1OC. The van der Waals surface area contributed by atoms with Gasteiger partial charge in [0.2, 0.25) is 0 Å². The fourth-order valence-corrected chi connectivity index (χ4v) is 3.68. The zero-order valence-electron chi connectivity index (χ0n) is 17.0. The van der Waals surface area contributed by atoms with Gasteiger partial charge in [0, 0.05) is 17.3 Å². The fourth-order valence-electron chi connectivity index (χ4n) is 3.68. The average molecular weight is 432 g/mol. The van der Waals surface area contributed by atoms with E-state index >= 15 is 0 Å². The first-order chi connectivity index (χ1) is 14.7. The average Bonchev–Trinajstić information content (AvgIpc) is 3.30. The predicted molar refractivity (Wildman–Crippen MR) is 106 cm³/mol. The smallest absolute Gasteiger partial charge is 0.408 e. The molecule has 1 aliphatic heterocycles. The van der Waals surface area contributed by atoms with Gasteiger partial charge in [-0.05, 0) is 42.3 Å². The van der Waals surface area contributed by atoms with Gasteiger partial charge >= 0.3 is 6.18 Å². The van der Waals surface area contributed by atoms with Crippen molar-refractivity contribution in [2.75, 3.05) is 19.1 Å². The first kappa shape index (κ1) is 20.7. The molecule has 7 nitrogen and oxygen atoms in total. The maximum atomic E-state index is 13.0. The van der Waals surface area contributed by atoms with Crippen molar-refractivity contribution < 1.29 is 27.4 Å². The van der Waals surface area contributed by atoms with Gasteiger partial charge < -0.3 is 14.4 Å². The van der Waals surface area contributed by atoms with Crippen LogP contribution in [0.5, 0.6) is 11.6 Å². The number of carbonyl (C=O) groups excluding carboxylic acids is 1. The number of benzene rings is 1. The minimum Gasteiger partial charge on any atom is -0.491 e. The highest BCUT2D eigenvalue weighted by Crippen LogP contribution is 2.35. The van der Waals surface area contributed by atoms with Crippen molar-refractivity contribution in [3.8, 4) is 22.9 Å². The van der Waals surface area contributed by atoms with Crippen LogP contribution in [0.3, 0.4) is 0 Å². The highest BCUT2D eigenvalue weighted by atomic mass is 19.4. The molecule has 0 atom stereocenters. The van der Waals surface area contributed by atoms with Gasteiger partial charge in [-0.1, -0.05) is 0 Å². The Bertz CT molecular complexity index is 1160. The van der Waals surface area contributed by atoms with E-state index in [2.05, 4.69) is 10.1 Å². The molecule has 1 aliphatic rings. The number of alkyl halides is 3. The molecular weight excluding hydrogens is 413 g/mol. The number of halogens is 3. The molecule has 0 fully saturated rings. The highest BCUT2D eigenvalue weighted by Gasteiger charge is 2.33. The number of anilines is 1. The number of carbonyl (C=O) groups is 1. The zero-order chi connectivity index (χ0) is 22.3. The highest BCUT2D eigenvalue weighted by molar-refractivity contribution is 6.11. The molecule has 2 aromatic heterocycles. The maximum Gasteiger partial charge on any atom is 0.408 e. The lowest BCUT2D eigenvalue weighted by Gasteiger charge is -2.12. The summed E-state index contributed by atoms with van der Waals surface area (Å²) in [6.45, 7) is 0.835. The summed E-state index contributed by atoms with van der Waals surface area (Å²) in [6, 6.07) is 7.24. The molecule has 3 aromatic rings. The van der Waals surface area contributed by atoms with Gasteiger partial charge in [-0.2, -0.15) is 18.3 Å². The van der Waals surface area contributed by atoms with Crippen LogP contribution < -0.4 is 14.4 Å². The Morgan fingerprint density at radius 2 is 1.94 bits per heavy atom. The Labute approximate surface area is 176 Å². The largest absolute Gasteiger partial charge is 0.491 e. The van der Waals surface area contributed by atoms with Crippen molar-refractivity contribution in [3.63, 3.8) is 0 Å². The van der Waals surface area contributed by atoms with E-state index in [0.29, 0.717) is 28.6 Å². The second kappa shape index (κ2) is 7.60. The molecule has 31 heavy (non-hydrogen) atoms. The Kier molecular flexibility index (Phi) is 5.08. The predicted octanol–water partition coefficient (Wildman–Crippen LogP) is 3.99. The maximum absolute atomic E-state index is 13.0. The van der Waals surface area contributed by atoms with Crippen LogP contribution in [0, 0.1) is 6.92 Å². The van der Waals surface area contributed by atoms with Crippen LogP contribution in [0.1, 0.15) is 21.5 Å². The van der Waals surface area contributed by atoms with Gasteiger partial charge in [0.25, 0.3) is 11.8 Å². The molecule has 10 heteroatoms. The molecule has 0 spiro atoms. The van der Waals surface area contributed by atoms with Crippen LogP contribution in [0.25, 0.3) is 11.3 Å². The van der Waals surface area contributed by atoms with Crippen molar-refractivity contribution in [1.82, 2.24) is 14.8 Å². The van der Waals surface area contributed by atoms with Crippen molar-refractivity contribution in [2.24, 2.45) is 0 Å². The van der Waals surface area contributed by atoms with Gasteiger partial charge in [-0.25, -0.2) is 4.98 Å². The summed E-state index contributed by atoms with van der Waals surface area (Å²) in [7, 11) is 3.02. The summed E-state index contributed by atoms with van der Waals surface area (Å²) in [5, 5.41) is 3.73. The van der Waals surface area contributed by atoms with Crippen molar-refractivity contribution in [1.29, 1.82) is 0 Å². The Morgan fingerprint density at radius 1 is 1.16 bits per heavy atom. The quantitative estimate of drug-likeness (QED) is 0.610. The monoisotopic (exact) mass is 432 g/mol. The number of rotatable bonds is 5. The molecule has 0 bridgehead atoms. The van der Waals surface area contributed by atoms with E-state index in [9.17, 15) is 18.0 Å². The number of amides is 1. The number of aromatic nitrogens is 3. The van der Waals surface area contributed by atoms with Crippen LogP contribution in [0.15, 0.2) is 36.7 Å². The van der Waals surface area contributed by atoms with E-state index in [-0.39, 0.29) is 12.5 Å². The first-order valence-corrected chi connectivity index (χ1v) is 9.34. The fraction of sp³-hybridized carbons (Fsp3) is 0.286. The third-order valence-corrected chi connectivity index (χ3v) is 5.01. The van der Waals surface area contributed by atoms with Gasteiger partial charge in [-0.3, -0.25) is 9.48 Å². The molecule has 1 amide bonds. The normalized spacial score (nSPS) is 13.5. The Hall–Kier alpha value is -3.56. The second-order valence-electron chi connectivity index (χ2n) is 7.14. The topological polar surface area (TPSA) is 69.5 Å². The zero-order valence-corrected chi connectivity index (χ0v) is 17.0. The number of hydrogen-bond donors (Lipinski definition) is 0. The second-order valence-corrected chi connectivity index (χ2v) is 7.14. The van der Waals surface area contributed by atoms with E-state index in [1.807, 2.05) is 19.1 Å². The number of aryl methyl sites for hydroxylation is 1. The summed E-state index contributed by atoms with van der Waals surface area (Å²) in [6.07, 6.45) is -1.90. The molecule has 0 radical (unpaired) electrons. The summed E-state index contributed by atoms with van der Waals surface area (Å²) >= 11 is 0. The summed E-state index contributed by atoms with van der Waals surface area (Å²) in [5.74, 6) is 0.570. The van der Waals surface area contributed by atoms with Gasteiger partial charge in [-0.15, -0.1) is 0 Å². The van der Waals surface area contributed by atoms with Crippen molar-refractivity contribution in [3.05, 3.63) is 53.3 Å². The van der Waals surface area contributed by atoms with Crippen molar-refractivity contribution in [2.45, 2.75) is 26.2 Å². The van der Waals surface area contributed by atoms with E-state index in [0.717, 1.165) is 21.4 Å². The molecule has 1 aromatic carbocycles. The molecule has 0 unspecified atom stereocenters. The van der Waals surface area contributed by atoms with Gasteiger partial charge in [0.1, 0.15) is 6.54 Å². The molecule has 0 saturated carbocycles. The van der Waals surface area contributed by atoms with Crippen LogP contribution in [-0.2, 0) is 13.1 Å². The molecule has 0 N–H and O–H groups in total. The third-order valence-electron chi connectivity index (χ3n) is 5.01. The number of ether oxygens (including phenoxy) is 2. The third kappa shape index (κ3) is 3.92. The lowest BCUT2D eigenvalue weighted by Crippen LogP contribution is -2.23. The van der Waals surface area contributed by atoms with E-state index in [4.69, 9.17) is 9.47 Å². The minimum absolute atomic E-state index is 0.230. The number of hydrogen-bond acceptors (Lipinski definition) is 5. The molecular formula is C21H19F3N4O3. The first-order valence-electron chi connectivity index (χ1n) is 9.34. The number of nitrogens with zero attached hydrogens (tertiary/aromatic N) is 4. The number of pyridine rings is 1. The standard InChI is InChI=1S/C21H19F3N4O3/c1-12-6-13(16-4-5-17(30-2)19(26-16)31-3)7-14-9-28(20(29)18(12)14)15-8-25-27(10-15)11-21(22,23)24/h4-8,10H,9,11H2,1-3H3. The number of methoxy groups -OCH3 is 2. The molecule has 0 aliphatic carbocycles. The lowest BCUT2D eigenvalue weighted by molar-refractivity contribution is -0.142.